The van der Waals surface area contributed by atoms with E-state index >= 15 is 0 Å². The van der Waals surface area contributed by atoms with Crippen molar-refractivity contribution in [3.8, 4) is 0 Å². The van der Waals surface area contributed by atoms with Gasteiger partial charge in [0.2, 0.25) is 5.91 Å². The summed E-state index contributed by atoms with van der Waals surface area (Å²) in [6.07, 6.45) is 3.78. The lowest BCUT2D eigenvalue weighted by Gasteiger charge is -2.33. The smallest absolute Gasteiger partial charge is 0.410 e. The number of amides is 3. The highest BCUT2D eigenvalue weighted by Gasteiger charge is 2.53. The Kier molecular flexibility index (Phi) is 4.01. The summed E-state index contributed by atoms with van der Waals surface area (Å²) in [6, 6.07) is 1.71. The molecule has 2 aliphatic heterocycles. The minimum atomic E-state index is -0.721. The molecule has 0 aromatic carbocycles. The van der Waals surface area contributed by atoms with E-state index in [4.69, 9.17) is 4.74 Å². The molecule has 8 nitrogen and oxygen atoms in total. The lowest BCUT2D eigenvalue weighted by molar-refractivity contribution is -0.120. The Hall–Kier alpha value is -2.51. The predicted molar refractivity (Wildman–Crippen MR) is 89.5 cm³/mol. The fourth-order valence-corrected chi connectivity index (χ4v) is 3.35. The molecular formula is C17H24N4O4. The van der Waals surface area contributed by atoms with Crippen LogP contribution in [0.3, 0.4) is 0 Å². The zero-order chi connectivity index (χ0) is 18.4. The summed E-state index contributed by atoms with van der Waals surface area (Å²) in [6.45, 7) is 6.15. The maximum atomic E-state index is 12.8. The zero-order valence-corrected chi connectivity index (χ0v) is 15.0. The van der Waals surface area contributed by atoms with E-state index in [0.29, 0.717) is 18.5 Å². The molecule has 0 bridgehead atoms. The fourth-order valence-electron chi connectivity index (χ4n) is 3.35. The summed E-state index contributed by atoms with van der Waals surface area (Å²) in [5, 5.41) is 1.40. The highest BCUT2D eigenvalue weighted by atomic mass is 16.6. The largest absolute Gasteiger partial charge is 0.444 e. The number of nitrogens with one attached hydrogen (secondary N) is 1. The normalized spacial score (nSPS) is 23.3. The van der Waals surface area contributed by atoms with Gasteiger partial charge in [-0.25, -0.2) is 9.80 Å². The molecule has 1 spiro atoms. The van der Waals surface area contributed by atoms with E-state index in [0.717, 1.165) is 0 Å². The maximum absolute atomic E-state index is 12.8. The molecule has 8 heteroatoms. The third-order valence-corrected chi connectivity index (χ3v) is 4.47. The minimum Gasteiger partial charge on any atom is -0.444 e. The SMILES string of the molecule is Cn1ccc(C(=O)N2NC(=O)CC23CCN(C(=O)OC(C)(C)C)C3)c1. The second-order valence-electron chi connectivity index (χ2n) is 7.79. The number of hydrogen-bond donors (Lipinski definition) is 1. The van der Waals surface area contributed by atoms with E-state index < -0.39 is 17.2 Å². The molecule has 1 aromatic rings. The first-order valence-corrected chi connectivity index (χ1v) is 8.34. The Morgan fingerprint density at radius 2 is 2.04 bits per heavy atom. The number of rotatable bonds is 1. The average molecular weight is 348 g/mol. The van der Waals surface area contributed by atoms with Crippen LogP contribution in [0, 0.1) is 0 Å². The standard InChI is InChI=1S/C17H24N4O4/c1-16(2,3)25-15(24)20-8-6-17(11-20)9-13(22)18-21(17)14(23)12-5-7-19(4)10-12/h5,7,10H,6,8-9,11H2,1-4H3,(H,18,22). The van der Waals surface area contributed by atoms with Gasteiger partial charge >= 0.3 is 6.09 Å². The fraction of sp³-hybridized carbons (Fsp3) is 0.588. The summed E-state index contributed by atoms with van der Waals surface area (Å²) < 4.78 is 7.19. The van der Waals surface area contributed by atoms with E-state index in [1.807, 2.05) is 27.8 Å². The van der Waals surface area contributed by atoms with Gasteiger partial charge in [-0.1, -0.05) is 0 Å². The van der Waals surface area contributed by atoms with E-state index in [9.17, 15) is 14.4 Å². The van der Waals surface area contributed by atoms with Crippen molar-refractivity contribution in [2.45, 2.75) is 44.8 Å². The van der Waals surface area contributed by atoms with Gasteiger partial charge in [-0.3, -0.25) is 15.0 Å². The van der Waals surface area contributed by atoms with Gasteiger partial charge in [0, 0.05) is 32.5 Å². The minimum absolute atomic E-state index is 0.185. The lowest BCUT2D eigenvalue weighted by atomic mass is 9.94. The van der Waals surface area contributed by atoms with E-state index in [1.165, 1.54) is 5.01 Å². The van der Waals surface area contributed by atoms with E-state index in [-0.39, 0.29) is 24.8 Å². The van der Waals surface area contributed by atoms with Crippen LogP contribution in [0.5, 0.6) is 0 Å². The van der Waals surface area contributed by atoms with Crippen LogP contribution in [0.15, 0.2) is 18.5 Å². The molecule has 3 amide bonds. The Labute approximate surface area is 146 Å². The second kappa shape index (κ2) is 5.79. The molecule has 25 heavy (non-hydrogen) atoms. The van der Waals surface area contributed by atoms with Gasteiger partial charge in [-0.15, -0.1) is 0 Å². The maximum Gasteiger partial charge on any atom is 0.410 e. The molecule has 2 aliphatic rings. The molecule has 136 valence electrons. The van der Waals surface area contributed by atoms with Crippen LogP contribution in [0.1, 0.15) is 44.0 Å². The van der Waals surface area contributed by atoms with Gasteiger partial charge in [0.1, 0.15) is 5.60 Å². The van der Waals surface area contributed by atoms with Crippen molar-refractivity contribution < 1.29 is 19.1 Å². The lowest BCUT2D eigenvalue weighted by Crippen LogP contribution is -2.53. The number of carbonyl (C=O) groups excluding carboxylic acids is 3. The number of aryl methyl sites for hydroxylation is 1. The number of carbonyl (C=O) groups is 3. The summed E-state index contributed by atoms with van der Waals surface area (Å²) in [5.74, 6) is -0.479. The van der Waals surface area contributed by atoms with Crippen molar-refractivity contribution in [2.24, 2.45) is 7.05 Å². The second-order valence-corrected chi connectivity index (χ2v) is 7.79. The first kappa shape index (κ1) is 17.3. The number of nitrogens with zero attached hydrogens (tertiary/aromatic N) is 3. The topological polar surface area (TPSA) is 83.9 Å². The molecule has 2 fully saturated rings. The van der Waals surface area contributed by atoms with Crippen LogP contribution < -0.4 is 5.43 Å². The zero-order valence-electron chi connectivity index (χ0n) is 15.0. The first-order chi connectivity index (χ1) is 11.6. The summed E-state index contributed by atoms with van der Waals surface area (Å²) in [5.41, 5.74) is 1.85. The quantitative estimate of drug-likeness (QED) is 0.829. The van der Waals surface area contributed by atoms with E-state index in [2.05, 4.69) is 5.43 Å². The average Bonchev–Trinajstić information content (AvgIpc) is 3.17. The molecule has 0 aliphatic carbocycles. The van der Waals surface area contributed by atoms with E-state index in [1.54, 1.807) is 27.9 Å². The molecular weight excluding hydrogens is 324 g/mol. The molecule has 0 saturated carbocycles. The molecule has 1 aromatic heterocycles. The Bertz CT molecular complexity index is 720. The molecule has 1 unspecified atom stereocenters. The Morgan fingerprint density at radius 3 is 2.64 bits per heavy atom. The summed E-state index contributed by atoms with van der Waals surface area (Å²) in [4.78, 5) is 38.7. The highest BCUT2D eigenvalue weighted by molar-refractivity contribution is 5.98. The molecule has 1 atom stereocenters. The third-order valence-electron chi connectivity index (χ3n) is 4.47. The van der Waals surface area contributed by atoms with Crippen LogP contribution in [0.4, 0.5) is 4.79 Å². The van der Waals surface area contributed by atoms with Crippen molar-refractivity contribution in [1.82, 2.24) is 19.9 Å². The Balaban J connectivity index is 1.79. The van der Waals surface area contributed by atoms with Crippen molar-refractivity contribution in [3.05, 3.63) is 24.0 Å². The van der Waals surface area contributed by atoms with Gasteiger partial charge < -0.3 is 14.2 Å². The van der Waals surface area contributed by atoms with Gasteiger partial charge in [-0.2, -0.15) is 0 Å². The molecule has 2 saturated heterocycles. The summed E-state index contributed by atoms with van der Waals surface area (Å²) >= 11 is 0. The number of aromatic nitrogens is 1. The van der Waals surface area contributed by atoms with Crippen molar-refractivity contribution in [1.29, 1.82) is 0 Å². The van der Waals surface area contributed by atoms with Crippen LogP contribution in [-0.2, 0) is 16.6 Å². The molecule has 3 heterocycles. The number of hydrogen-bond acceptors (Lipinski definition) is 4. The van der Waals surface area contributed by atoms with Crippen LogP contribution in [0.2, 0.25) is 0 Å². The predicted octanol–water partition coefficient (Wildman–Crippen LogP) is 1.28. The van der Waals surface area contributed by atoms with Crippen molar-refractivity contribution >= 4 is 17.9 Å². The molecule has 0 radical (unpaired) electrons. The van der Waals surface area contributed by atoms with Crippen LogP contribution in [0.25, 0.3) is 0 Å². The highest BCUT2D eigenvalue weighted by Crippen LogP contribution is 2.35. The van der Waals surface area contributed by atoms with Gasteiger partial charge in [-0.05, 0) is 33.3 Å². The molecule has 1 N–H and O–H groups in total. The van der Waals surface area contributed by atoms with Crippen LogP contribution in [-0.4, -0.2) is 56.6 Å². The summed E-state index contributed by atoms with van der Waals surface area (Å²) in [7, 11) is 1.83. The third kappa shape index (κ3) is 3.33. The van der Waals surface area contributed by atoms with Gasteiger partial charge in [0.25, 0.3) is 5.91 Å². The number of hydrazine groups is 1. The number of ether oxygens (including phenoxy) is 1. The number of likely N-dealkylation sites (tertiary alicyclic amines) is 1. The van der Waals surface area contributed by atoms with Crippen molar-refractivity contribution in [3.63, 3.8) is 0 Å². The monoisotopic (exact) mass is 348 g/mol. The van der Waals surface area contributed by atoms with Crippen LogP contribution >= 0.6 is 0 Å². The molecule has 3 rings (SSSR count). The Morgan fingerprint density at radius 1 is 1.32 bits per heavy atom. The first-order valence-electron chi connectivity index (χ1n) is 8.34. The van der Waals surface area contributed by atoms with Gasteiger partial charge in [0.05, 0.1) is 17.5 Å². The van der Waals surface area contributed by atoms with Gasteiger partial charge in [0.15, 0.2) is 0 Å². The van der Waals surface area contributed by atoms with Crippen molar-refractivity contribution in [2.75, 3.05) is 13.1 Å².